The Morgan fingerprint density at radius 2 is 1.27 bits per heavy atom. The molecule has 0 radical (unpaired) electrons. The third-order valence-electron chi connectivity index (χ3n) is 7.20. The average Bonchev–Trinajstić information content (AvgIpc) is 2.76. The van der Waals surface area contributed by atoms with Gasteiger partial charge in [-0.25, -0.2) is 0 Å². The van der Waals surface area contributed by atoms with Gasteiger partial charge in [0.05, 0.1) is 0 Å². The second-order valence-corrected chi connectivity index (χ2v) is 9.66. The SMILES string of the molecule is Cc1ccc(-c2ccc(CCc3cc(C)c(C4CCC(C)CC4)cc3C)cc2)cc1. The molecule has 0 N–H and O–H groups in total. The van der Waals surface area contributed by atoms with Gasteiger partial charge >= 0.3 is 0 Å². The third kappa shape index (κ3) is 4.86. The van der Waals surface area contributed by atoms with Crippen molar-refractivity contribution in [1.82, 2.24) is 0 Å². The summed E-state index contributed by atoms with van der Waals surface area (Å²) in [7, 11) is 0. The Kier molecular flexibility index (Phi) is 6.42. The summed E-state index contributed by atoms with van der Waals surface area (Å²) in [5, 5.41) is 0. The van der Waals surface area contributed by atoms with Crippen LogP contribution in [0.15, 0.2) is 60.7 Å². The number of hydrogen-bond donors (Lipinski definition) is 0. The van der Waals surface area contributed by atoms with E-state index >= 15 is 0 Å². The zero-order chi connectivity index (χ0) is 21.1. The van der Waals surface area contributed by atoms with Gasteiger partial charge in [0.15, 0.2) is 0 Å². The molecule has 3 aromatic rings. The second kappa shape index (κ2) is 9.21. The quantitative estimate of drug-likeness (QED) is 0.406. The van der Waals surface area contributed by atoms with Gasteiger partial charge < -0.3 is 0 Å². The Hall–Kier alpha value is -2.34. The summed E-state index contributed by atoms with van der Waals surface area (Å²) >= 11 is 0. The Bertz CT molecular complexity index is 968. The van der Waals surface area contributed by atoms with E-state index in [0.717, 1.165) is 24.7 Å². The van der Waals surface area contributed by atoms with Gasteiger partial charge in [-0.05, 0) is 97.2 Å². The fourth-order valence-corrected chi connectivity index (χ4v) is 5.07. The summed E-state index contributed by atoms with van der Waals surface area (Å²) in [6.07, 6.45) is 7.75. The van der Waals surface area contributed by atoms with Crippen LogP contribution < -0.4 is 0 Å². The summed E-state index contributed by atoms with van der Waals surface area (Å²) < 4.78 is 0. The van der Waals surface area contributed by atoms with Crippen LogP contribution in [0.2, 0.25) is 0 Å². The molecule has 0 bridgehead atoms. The maximum atomic E-state index is 2.51. The summed E-state index contributed by atoms with van der Waals surface area (Å²) in [5.74, 6) is 1.70. The van der Waals surface area contributed by atoms with Crippen LogP contribution in [0.4, 0.5) is 0 Å². The molecular weight excluding hydrogens is 360 g/mol. The zero-order valence-corrected chi connectivity index (χ0v) is 19.2. The minimum Gasteiger partial charge on any atom is -0.0625 e. The minimum absolute atomic E-state index is 0.781. The molecule has 4 rings (SSSR count). The molecule has 0 aliphatic heterocycles. The molecule has 0 aromatic heterocycles. The van der Waals surface area contributed by atoms with Crippen LogP contribution in [0.1, 0.15) is 71.9 Å². The van der Waals surface area contributed by atoms with E-state index in [1.54, 1.807) is 5.56 Å². The molecule has 156 valence electrons. The lowest BCUT2D eigenvalue weighted by atomic mass is 9.77. The highest BCUT2D eigenvalue weighted by atomic mass is 14.3. The van der Waals surface area contributed by atoms with Gasteiger partial charge in [0.1, 0.15) is 0 Å². The van der Waals surface area contributed by atoms with E-state index in [9.17, 15) is 0 Å². The topological polar surface area (TPSA) is 0 Å². The van der Waals surface area contributed by atoms with Gasteiger partial charge in [-0.2, -0.15) is 0 Å². The predicted molar refractivity (Wildman–Crippen MR) is 130 cm³/mol. The van der Waals surface area contributed by atoms with Crippen LogP contribution in [-0.4, -0.2) is 0 Å². The van der Waals surface area contributed by atoms with E-state index in [0.29, 0.717) is 0 Å². The normalized spacial score (nSPS) is 19.1. The molecule has 0 heterocycles. The highest BCUT2D eigenvalue weighted by Gasteiger charge is 2.21. The molecule has 1 fully saturated rings. The largest absolute Gasteiger partial charge is 0.0625 e. The van der Waals surface area contributed by atoms with Crippen molar-refractivity contribution in [2.24, 2.45) is 5.92 Å². The van der Waals surface area contributed by atoms with Gasteiger partial charge in [-0.1, -0.05) is 86.0 Å². The summed E-state index contributed by atoms with van der Waals surface area (Å²) in [5.41, 5.74) is 11.4. The Labute approximate surface area is 183 Å². The van der Waals surface area contributed by atoms with E-state index in [1.165, 1.54) is 64.6 Å². The van der Waals surface area contributed by atoms with Crippen molar-refractivity contribution in [3.05, 3.63) is 94.0 Å². The molecule has 3 aromatic carbocycles. The van der Waals surface area contributed by atoms with E-state index in [4.69, 9.17) is 0 Å². The molecular formula is C30H36. The minimum atomic E-state index is 0.781. The van der Waals surface area contributed by atoms with Crippen LogP contribution >= 0.6 is 0 Å². The molecule has 0 amide bonds. The highest BCUT2D eigenvalue weighted by molar-refractivity contribution is 5.63. The maximum Gasteiger partial charge on any atom is -0.0159 e. The molecule has 1 saturated carbocycles. The van der Waals surface area contributed by atoms with Crippen LogP contribution in [0, 0.1) is 26.7 Å². The van der Waals surface area contributed by atoms with E-state index in [2.05, 4.69) is 88.4 Å². The molecule has 1 aliphatic rings. The van der Waals surface area contributed by atoms with Gasteiger partial charge in [-0.3, -0.25) is 0 Å². The first-order chi connectivity index (χ1) is 14.5. The van der Waals surface area contributed by atoms with E-state index in [-0.39, 0.29) is 0 Å². The Morgan fingerprint density at radius 3 is 1.90 bits per heavy atom. The van der Waals surface area contributed by atoms with Gasteiger partial charge in [-0.15, -0.1) is 0 Å². The molecule has 0 unspecified atom stereocenters. The molecule has 0 spiro atoms. The van der Waals surface area contributed by atoms with Gasteiger partial charge in [0, 0.05) is 0 Å². The summed E-state index contributed by atoms with van der Waals surface area (Å²) in [6.45, 7) is 9.18. The zero-order valence-electron chi connectivity index (χ0n) is 19.2. The van der Waals surface area contributed by atoms with Crippen molar-refractivity contribution in [2.45, 2.75) is 72.1 Å². The lowest BCUT2D eigenvalue weighted by Gasteiger charge is -2.28. The van der Waals surface area contributed by atoms with E-state index < -0.39 is 0 Å². The first-order valence-corrected chi connectivity index (χ1v) is 11.8. The monoisotopic (exact) mass is 396 g/mol. The fraction of sp³-hybridized carbons (Fsp3) is 0.400. The standard InChI is InChI=1S/C30H36/c1-21-5-12-26(13-6-21)27-16-9-25(10-17-27)11-18-29-19-24(4)30(20-23(29)3)28-14-7-22(2)8-15-28/h5-6,9-10,12-13,16-17,19-20,22,28H,7-8,11,14-15,18H2,1-4H3. The van der Waals surface area contributed by atoms with Crippen LogP contribution in [0.5, 0.6) is 0 Å². The van der Waals surface area contributed by atoms with Crippen molar-refractivity contribution < 1.29 is 0 Å². The van der Waals surface area contributed by atoms with Crippen LogP contribution in [-0.2, 0) is 12.8 Å². The highest BCUT2D eigenvalue weighted by Crippen LogP contribution is 2.37. The first kappa shape index (κ1) is 20.9. The molecule has 0 nitrogen and oxygen atoms in total. The van der Waals surface area contributed by atoms with Crippen molar-refractivity contribution >= 4 is 0 Å². The average molecular weight is 397 g/mol. The smallest absolute Gasteiger partial charge is 0.0159 e. The number of aryl methyl sites for hydroxylation is 5. The molecule has 0 heteroatoms. The number of hydrogen-bond acceptors (Lipinski definition) is 0. The lowest BCUT2D eigenvalue weighted by Crippen LogP contribution is -2.12. The molecule has 1 aliphatic carbocycles. The summed E-state index contributed by atoms with van der Waals surface area (Å²) in [4.78, 5) is 0. The molecule has 30 heavy (non-hydrogen) atoms. The van der Waals surface area contributed by atoms with Crippen molar-refractivity contribution in [3.8, 4) is 11.1 Å². The number of benzene rings is 3. The van der Waals surface area contributed by atoms with Crippen LogP contribution in [0.3, 0.4) is 0 Å². The number of rotatable bonds is 5. The van der Waals surface area contributed by atoms with Gasteiger partial charge in [0.2, 0.25) is 0 Å². The third-order valence-corrected chi connectivity index (χ3v) is 7.20. The van der Waals surface area contributed by atoms with Crippen molar-refractivity contribution in [2.75, 3.05) is 0 Å². The Balaban J connectivity index is 1.42. The summed E-state index contributed by atoms with van der Waals surface area (Å²) in [6, 6.07) is 22.9. The predicted octanol–water partition coefficient (Wildman–Crippen LogP) is 8.36. The Morgan fingerprint density at radius 1 is 0.667 bits per heavy atom. The van der Waals surface area contributed by atoms with Crippen molar-refractivity contribution in [1.29, 1.82) is 0 Å². The molecule has 0 saturated heterocycles. The second-order valence-electron chi connectivity index (χ2n) is 9.66. The lowest BCUT2D eigenvalue weighted by molar-refractivity contribution is 0.347. The van der Waals surface area contributed by atoms with E-state index in [1.807, 2.05) is 0 Å². The molecule has 0 atom stereocenters. The van der Waals surface area contributed by atoms with Crippen molar-refractivity contribution in [3.63, 3.8) is 0 Å². The maximum absolute atomic E-state index is 2.51. The first-order valence-electron chi connectivity index (χ1n) is 11.8. The fourth-order valence-electron chi connectivity index (χ4n) is 5.07. The van der Waals surface area contributed by atoms with Gasteiger partial charge in [0.25, 0.3) is 0 Å². The van der Waals surface area contributed by atoms with Crippen LogP contribution in [0.25, 0.3) is 11.1 Å².